The largest absolute Gasteiger partial charge is 0.122 e. The van der Waals surface area contributed by atoms with Gasteiger partial charge in [-0.25, -0.2) is 0 Å². The summed E-state index contributed by atoms with van der Waals surface area (Å²) in [5, 5.41) is 0. The van der Waals surface area contributed by atoms with Crippen LogP contribution in [0, 0.1) is 0 Å². The Hall–Kier alpha value is -0.0100. The van der Waals surface area contributed by atoms with Crippen molar-refractivity contribution in [2.45, 2.75) is 6.42 Å². The molecule has 1 aliphatic carbocycles. The number of allylic oxidation sites excluding steroid dienone is 6. The average Bonchev–Trinajstić information content (AvgIpc) is 2.14. The van der Waals surface area contributed by atoms with E-state index in [4.69, 9.17) is 11.6 Å². The minimum atomic E-state index is 0.602. The average molecular weight is 220 g/mol. The van der Waals surface area contributed by atoms with E-state index >= 15 is 0 Å². The Morgan fingerprint density at radius 2 is 2.20 bits per heavy atom. The summed E-state index contributed by atoms with van der Waals surface area (Å²) in [5.74, 6) is 0.602. The van der Waals surface area contributed by atoms with Gasteiger partial charge in [0.25, 0.3) is 0 Å². The lowest BCUT2D eigenvalue weighted by atomic mass is 10.2. The summed E-state index contributed by atoms with van der Waals surface area (Å²) in [6.45, 7) is 0. The lowest BCUT2D eigenvalue weighted by molar-refractivity contribution is 1.35. The minimum absolute atomic E-state index is 0.602. The molecule has 1 rings (SSSR count). The van der Waals surface area contributed by atoms with Crippen LogP contribution in [0.3, 0.4) is 0 Å². The zero-order chi connectivity index (χ0) is 7.40. The molecule has 0 atom stereocenters. The van der Waals surface area contributed by atoms with Crippen LogP contribution in [0.2, 0.25) is 0 Å². The van der Waals surface area contributed by atoms with Crippen LogP contribution in [0.4, 0.5) is 0 Å². The van der Waals surface area contributed by atoms with Crippen LogP contribution in [0.25, 0.3) is 0 Å². The first-order valence-corrected chi connectivity index (χ1v) is 4.44. The van der Waals surface area contributed by atoms with E-state index in [9.17, 15) is 0 Å². The van der Waals surface area contributed by atoms with Crippen LogP contribution >= 0.6 is 27.5 Å². The summed E-state index contributed by atoms with van der Waals surface area (Å²) in [7, 11) is 0. The second-order valence-electron chi connectivity index (χ2n) is 2.07. The predicted molar refractivity (Wildman–Crippen MR) is 49.6 cm³/mol. The van der Waals surface area contributed by atoms with Crippen molar-refractivity contribution in [1.82, 2.24) is 0 Å². The fourth-order valence-corrected chi connectivity index (χ4v) is 1.26. The normalized spacial score (nSPS) is 17.8. The highest BCUT2D eigenvalue weighted by atomic mass is 79.9. The van der Waals surface area contributed by atoms with Gasteiger partial charge in [0.15, 0.2) is 0 Å². The highest BCUT2D eigenvalue weighted by Gasteiger charge is 1.93. The third kappa shape index (κ3) is 2.31. The molecule has 1 aliphatic rings. The Morgan fingerprint density at radius 3 is 2.90 bits per heavy atom. The van der Waals surface area contributed by atoms with Crippen molar-refractivity contribution < 1.29 is 0 Å². The molecule has 0 spiro atoms. The molecule has 0 nitrogen and oxygen atoms in total. The van der Waals surface area contributed by atoms with Gasteiger partial charge in [0.05, 0.1) is 0 Å². The number of alkyl halides is 1. The second kappa shape index (κ2) is 3.99. The van der Waals surface area contributed by atoms with Crippen molar-refractivity contribution in [3.05, 3.63) is 34.4 Å². The van der Waals surface area contributed by atoms with Gasteiger partial charge in [0.2, 0.25) is 0 Å². The lowest BCUT2D eigenvalue weighted by Crippen LogP contribution is -1.75. The smallest absolute Gasteiger partial charge is 0.0471 e. The Kier molecular flexibility index (Phi) is 3.23. The van der Waals surface area contributed by atoms with Crippen LogP contribution < -0.4 is 0 Å². The van der Waals surface area contributed by atoms with Gasteiger partial charge >= 0.3 is 0 Å². The molecule has 2 heteroatoms. The first-order chi connectivity index (χ1) is 4.83. The van der Waals surface area contributed by atoms with Crippen molar-refractivity contribution in [2.75, 3.05) is 5.88 Å². The first kappa shape index (κ1) is 8.09. The molecule has 0 amide bonds. The van der Waals surface area contributed by atoms with Crippen LogP contribution in [-0.4, -0.2) is 5.88 Å². The molecular weight excluding hydrogens is 211 g/mol. The summed E-state index contributed by atoms with van der Waals surface area (Å²) in [4.78, 5) is 0. The molecular formula is C8H8BrCl. The van der Waals surface area contributed by atoms with Gasteiger partial charge in [0, 0.05) is 10.4 Å². The molecule has 10 heavy (non-hydrogen) atoms. The third-order valence-electron chi connectivity index (χ3n) is 1.30. The highest BCUT2D eigenvalue weighted by Crippen LogP contribution is 2.15. The standard InChI is InChI=1S/C8H8BrCl/c9-8-3-1-2-7(6-10)4-5-8/h2-5H,1,6H2. The Bertz CT molecular complexity index is 201. The van der Waals surface area contributed by atoms with E-state index in [-0.39, 0.29) is 0 Å². The van der Waals surface area contributed by atoms with Gasteiger partial charge in [-0.2, -0.15) is 0 Å². The summed E-state index contributed by atoms with van der Waals surface area (Å²) >= 11 is 9.04. The molecule has 0 fully saturated rings. The van der Waals surface area contributed by atoms with Crippen molar-refractivity contribution in [3.8, 4) is 0 Å². The Labute approximate surface area is 74.4 Å². The lowest BCUT2D eigenvalue weighted by Gasteiger charge is -1.89. The van der Waals surface area contributed by atoms with Crippen LogP contribution in [0.1, 0.15) is 6.42 Å². The van der Waals surface area contributed by atoms with Crippen LogP contribution in [-0.2, 0) is 0 Å². The summed E-state index contributed by atoms with van der Waals surface area (Å²) in [6, 6.07) is 0. The molecule has 0 N–H and O–H groups in total. The second-order valence-corrected chi connectivity index (χ2v) is 3.25. The number of rotatable bonds is 1. The predicted octanol–water partition coefficient (Wildman–Crippen LogP) is 3.39. The molecule has 0 unspecified atom stereocenters. The van der Waals surface area contributed by atoms with Gasteiger partial charge in [0.1, 0.15) is 0 Å². The van der Waals surface area contributed by atoms with Crippen molar-refractivity contribution in [2.24, 2.45) is 0 Å². The van der Waals surface area contributed by atoms with E-state index in [0.29, 0.717) is 5.88 Å². The first-order valence-electron chi connectivity index (χ1n) is 3.11. The molecule has 0 saturated heterocycles. The zero-order valence-corrected chi connectivity index (χ0v) is 7.82. The topological polar surface area (TPSA) is 0 Å². The molecule has 0 heterocycles. The van der Waals surface area contributed by atoms with E-state index in [1.165, 1.54) is 5.57 Å². The van der Waals surface area contributed by atoms with E-state index in [0.717, 1.165) is 10.9 Å². The van der Waals surface area contributed by atoms with Gasteiger partial charge in [-0.3, -0.25) is 0 Å². The van der Waals surface area contributed by atoms with E-state index in [1.807, 2.05) is 12.2 Å². The molecule has 0 aromatic heterocycles. The highest BCUT2D eigenvalue weighted by molar-refractivity contribution is 9.11. The van der Waals surface area contributed by atoms with Crippen LogP contribution in [0.15, 0.2) is 34.4 Å². The minimum Gasteiger partial charge on any atom is -0.122 e. The van der Waals surface area contributed by atoms with Gasteiger partial charge in [-0.05, 0) is 18.1 Å². The molecule has 0 radical (unpaired) electrons. The maximum atomic E-state index is 5.64. The number of hydrogen-bond donors (Lipinski definition) is 0. The van der Waals surface area contributed by atoms with Crippen LogP contribution in [0.5, 0.6) is 0 Å². The van der Waals surface area contributed by atoms with Gasteiger partial charge < -0.3 is 0 Å². The molecule has 54 valence electrons. The summed E-state index contributed by atoms with van der Waals surface area (Å²) < 4.78 is 1.13. The summed E-state index contributed by atoms with van der Waals surface area (Å²) in [6.07, 6.45) is 9.24. The van der Waals surface area contributed by atoms with E-state index in [2.05, 4.69) is 28.1 Å². The molecule has 0 aliphatic heterocycles. The molecule has 0 bridgehead atoms. The fourth-order valence-electron chi connectivity index (χ4n) is 0.745. The SMILES string of the molecule is ClCC1=CCC=C(Br)C=C1. The monoisotopic (exact) mass is 218 g/mol. The quantitative estimate of drug-likeness (QED) is 0.593. The third-order valence-corrected chi connectivity index (χ3v) is 2.20. The van der Waals surface area contributed by atoms with Gasteiger partial charge in [-0.1, -0.05) is 34.2 Å². The number of hydrogen-bond acceptors (Lipinski definition) is 0. The molecule has 0 aromatic rings. The Balaban J connectivity index is 2.69. The number of halogens is 2. The maximum Gasteiger partial charge on any atom is 0.0471 e. The van der Waals surface area contributed by atoms with Crippen molar-refractivity contribution >= 4 is 27.5 Å². The molecule has 0 aromatic carbocycles. The molecule has 0 saturated carbocycles. The fraction of sp³-hybridized carbons (Fsp3) is 0.250. The maximum absolute atomic E-state index is 5.64. The van der Waals surface area contributed by atoms with E-state index in [1.54, 1.807) is 0 Å². The van der Waals surface area contributed by atoms with Crippen molar-refractivity contribution in [1.29, 1.82) is 0 Å². The summed E-state index contributed by atoms with van der Waals surface area (Å²) in [5.41, 5.74) is 1.19. The zero-order valence-electron chi connectivity index (χ0n) is 5.48. The van der Waals surface area contributed by atoms with Crippen molar-refractivity contribution in [3.63, 3.8) is 0 Å². The van der Waals surface area contributed by atoms with E-state index < -0.39 is 0 Å². The Morgan fingerprint density at radius 1 is 1.40 bits per heavy atom. The van der Waals surface area contributed by atoms with Gasteiger partial charge in [-0.15, -0.1) is 11.6 Å².